The predicted octanol–water partition coefficient (Wildman–Crippen LogP) is 2.38. The van der Waals surface area contributed by atoms with E-state index in [1.165, 1.54) is 4.68 Å². The zero-order chi connectivity index (χ0) is 14.8. The fourth-order valence-corrected chi connectivity index (χ4v) is 2.75. The number of hydrogen-bond donors (Lipinski definition) is 1. The van der Waals surface area contributed by atoms with Crippen molar-refractivity contribution in [1.82, 2.24) is 9.78 Å². The van der Waals surface area contributed by atoms with Gasteiger partial charge in [-0.3, -0.25) is 4.79 Å². The summed E-state index contributed by atoms with van der Waals surface area (Å²) in [5.74, 6) is 0. The average Bonchev–Trinajstić information content (AvgIpc) is 2.97. The third-order valence-electron chi connectivity index (χ3n) is 3.64. The van der Waals surface area contributed by atoms with Gasteiger partial charge in [0.2, 0.25) is 0 Å². The van der Waals surface area contributed by atoms with Crippen LogP contribution in [0.25, 0.3) is 0 Å². The van der Waals surface area contributed by atoms with Gasteiger partial charge in [-0.15, -0.1) is 0 Å². The highest BCUT2D eigenvalue weighted by atomic mass is 35.5. The van der Waals surface area contributed by atoms with E-state index < -0.39 is 0 Å². The van der Waals surface area contributed by atoms with Crippen LogP contribution in [0.15, 0.2) is 41.3 Å². The van der Waals surface area contributed by atoms with E-state index >= 15 is 0 Å². The van der Waals surface area contributed by atoms with Crippen LogP contribution in [-0.2, 0) is 11.8 Å². The number of anilines is 1. The Kier molecular flexibility index (Phi) is 3.94. The average molecular weight is 306 g/mol. The molecule has 0 bridgehead atoms. The number of nitrogens with zero attached hydrogens (tertiary/aromatic N) is 2. The predicted molar refractivity (Wildman–Crippen MR) is 81.7 cm³/mol. The molecule has 1 saturated heterocycles. The Morgan fingerprint density at radius 2 is 2.14 bits per heavy atom. The lowest BCUT2D eigenvalue weighted by atomic mass is 10.0. The first-order valence-electron chi connectivity index (χ1n) is 6.81. The van der Waals surface area contributed by atoms with Crippen molar-refractivity contribution in [1.29, 1.82) is 0 Å². The van der Waals surface area contributed by atoms with Crippen LogP contribution in [0.4, 0.5) is 5.69 Å². The largest absolute Gasteiger partial charge is 0.377 e. The number of ether oxygens (including phenoxy) is 1. The van der Waals surface area contributed by atoms with Gasteiger partial charge < -0.3 is 10.1 Å². The van der Waals surface area contributed by atoms with E-state index in [9.17, 15) is 4.79 Å². The number of aryl methyl sites for hydroxylation is 1. The van der Waals surface area contributed by atoms with Gasteiger partial charge in [0.05, 0.1) is 17.9 Å². The first-order valence-corrected chi connectivity index (χ1v) is 7.19. The lowest BCUT2D eigenvalue weighted by molar-refractivity contribution is 0.107. The van der Waals surface area contributed by atoms with Crippen molar-refractivity contribution in [2.45, 2.75) is 18.6 Å². The molecule has 1 N–H and O–H groups in total. The number of aromatic nitrogens is 2. The zero-order valence-electron chi connectivity index (χ0n) is 11.6. The molecule has 21 heavy (non-hydrogen) atoms. The Hall–Kier alpha value is -1.85. The van der Waals surface area contributed by atoms with Gasteiger partial charge in [-0.25, -0.2) is 4.68 Å². The maximum atomic E-state index is 11.8. The molecule has 1 aromatic carbocycles. The molecule has 6 heteroatoms. The van der Waals surface area contributed by atoms with Gasteiger partial charge in [-0.1, -0.05) is 41.9 Å². The molecule has 1 aromatic heterocycles. The van der Waals surface area contributed by atoms with E-state index in [1.54, 1.807) is 13.2 Å². The van der Waals surface area contributed by atoms with Gasteiger partial charge in [0, 0.05) is 13.7 Å². The van der Waals surface area contributed by atoms with Gasteiger partial charge >= 0.3 is 0 Å². The third-order valence-corrected chi connectivity index (χ3v) is 4.00. The van der Waals surface area contributed by atoms with Crippen LogP contribution in [0.3, 0.4) is 0 Å². The monoisotopic (exact) mass is 305 g/mol. The van der Waals surface area contributed by atoms with Gasteiger partial charge in [0.15, 0.2) is 0 Å². The Balaban J connectivity index is 1.84. The van der Waals surface area contributed by atoms with Crippen LogP contribution in [0, 0.1) is 0 Å². The third kappa shape index (κ3) is 2.80. The van der Waals surface area contributed by atoms with E-state index in [2.05, 4.69) is 10.4 Å². The molecule has 5 nitrogen and oxygen atoms in total. The molecule has 0 unspecified atom stereocenters. The highest BCUT2D eigenvalue weighted by Crippen LogP contribution is 2.32. The summed E-state index contributed by atoms with van der Waals surface area (Å²) in [7, 11) is 1.57. The molecule has 0 amide bonds. The maximum Gasteiger partial charge on any atom is 0.287 e. The molecule has 1 aliphatic heterocycles. The maximum absolute atomic E-state index is 11.8. The minimum Gasteiger partial charge on any atom is -0.377 e. The fourth-order valence-electron chi connectivity index (χ4n) is 2.52. The van der Waals surface area contributed by atoms with Crippen LogP contribution in [0.1, 0.15) is 18.1 Å². The Morgan fingerprint density at radius 1 is 1.38 bits per heavy atom. The second kappa shape index (κ2) is 5.87. The molecular weight excluding hydrogens is 290 g/mol. The summed E-state index contributed by atoms with van der Waals surface area (Å²) in [6.07, 6.45) is 2.38. The number of nitrogens with one attached hydrogen (secondary N) is 1. The summed E-state index contributed by atoms with van der Waals surface area (Å²) in [6, 6.07) is 10.1. The van der Waals surface area contributed by atoms with Crippen molar-refractivity contribution >= 4 is 17.3 Å². The molecule has 0 radical (unpaired) electrons. The van der Waals surface area contributed by atoms with Crippen LogP contribution in [-0.4, -0.2) is 22.4 Å². The number of halogens is 1. The number of benzene rings is 1. The fraction of sp³-hybridized carbons (Fsp3) is 0.333. The first kappa shape index (κ1) is 14.1. The summed E-state index contributed by atoms with van der Waals surface area (Å²) >= 11 is 6.09. The molecule has 0 saturated carbocycles. The molecule has 110 valence electrons. The molecule has 1 aliphatic rings. The van der Waals surface area contributed by atoms with Gasteiger partial charge in [0.25, 0.3) is 5.56 Å². The minimum atomic E-state index is -0.308. The summed E-state index contributed by atoms with van der Waals surface area (Å²) in [5.41, 5.74) is 1.36. The van der Waals surface area contributed by atoms with Gasteiger partial charge in [0.1, 0.15) is 11.1 Å². The second-order valence-electron chi connectivity index (χ2n) is 5.04. The molecule has 2 atom stereocenters. The van der Waals surface area contributed by atoms with Gasteiger partial charge in [-0.05, 0) is 12.0 Å². The molecule has 2 heterocycles. The quantitative estimate of drug-likeness (QED) is 0.946. The smallest absolute Gasteiger partial charge is 0.287 e. The summed E-state index contributed by atoms with van der Waals surface area (Å²) < 4.78 is 7.02. The van der Waals surface area contributed by atoms with E-state index in [-0.39, 0.29) is 22.7 Å². The highest BCUT2D eigenvalue weighted by molar-refractivity contribution is 6.32. The Morgan fingerprint density at radius 3 is 2.90 bits per heavy atom. The molecule has 3 rings (SSSR count). The van der Waals surface area contributed by atoms with E-state index in [1.807, 2.05) is 30.3 Å². The van der Waals surface area contributed by atoms with Crippen molar-refractivity contribution in [3.63, 3.8) is 0 Å². The summed E-state index contributed by atoms with van der Waals surface area (Å²) in [4.78, 5) is 11.8. The standard InChI is InChI=1S/C15H16ClN3O2/c1-19-15(20)13(16)12(9-17-19)18-11-7-8-21-14(11)10-5-3-2-4-6-10/h2-6,9,11,14,18H,7-8H2,1H3/t11-,14+/m0/s1. The lowest BCUT2D eigenvalue weighted by Gasteiger charge is -2.21. The Bertz CT molecular complexity index is 687. The number of hydrogen-bond acceptors (Lipinski definition) is 4. The van der Waals surface area contributed by atoms with E-state index in [0.29, 0.717) is 12.3 Å². The van der Waals surface area contributed by atoms with Gasteiger partial charge in [-0.2, -0.15) is 5.10 Å². The topological polar surface area (TPSA) is 56.1 Å². The van der Waals surface area contributed by atoms with E-state index in [4.69, 9.17) is 16.3 Å². The molecule has 0 aliphatic carbocycles. The minimum absolute atomic E-state index is 0.0497. The Labute approximate surface area is 127 Å². The molecule has 0 spiro atoms. The van der Waals surface area contributed by atoms with Crippen molar-refractivity contribution < 1.29 is 4.74 Å². The van der Waals surface area contributed by atoms with Crippen molar-refractivity contribution in [3.05, 3.63) is 57.5 Å². The van der Waals surface area contributed by atoms with Crippen molar-refractivity contribution in [3.8, 4) is 0 Å². The lowest BCUT2D eigenvalue weighted by Crippen LogP contribution is -2.27. The van der Waals surface area contributed by atoms with Crippen molar-refractivity contribution in [2.75, 3.05) is 11.9 Å². The molecule has 1 fully saturated rings. The van der Waals surface area contributed by atoms with E-state index in [0.717, 1.165) is 12.0 Å². The molecular formula is C15H16ClN3O2. The zero-order valence-corrected chi connectivity index (χ0v) is 12.4. The first-order chi connectivity index (χ1) is 10.2. The summed E-state index contributed by atoms with van der Waals surface area (Å²) in [5, 5.41) is 7.45. The SMILES string of the molecule is Cn1ncc(N[C@H]2CCO[C@@H]2c2ccccc2)c(Cl)c1=O. The van der Waals surface area contributed by atoms with Crippen molar-refractivity contribution in [2.24, 2.45) is 7.05 Å². The highest BCUT2D eigenvalue weighted by Gasteiger charge is 2.30. The second-order valence-corrected chi connectivity index (χ2v) is 5.42. The number of rotatable bonds is 3. The van der Waals surface area contributed by atoms with Crippen LogP contribution < -0.4 is 10.9 Å². The van der Waals surface area contributed by atoms with Crippen LogP contribution >= 0.6 is 11.6 Å². The molecule has 2 aromatic rings. The van der Waals surface area contributed by atoms with Crippen LogP contribution in [0.2, 0.25) is 5.02 Å². The van der Waals surface area contributed by atoms with Crippen LogP contribution in [0.5, 0.6) is 0 Å². The summed E-state index contributed by atoms with van der Waals surface area (Å²) in [6.45, 7) is 0.674. The normalized spacial score (nSPS) is 21.4.